The first kappa shape index (κ1) is 16.4. The number of ether oxygens (including phenoxy) is 1. The van der Waals surface area contributed by atoms with Crippen molar-refractivity contribution in [1.29, 1.82) is 0 Å². The highest BCUT2D eigenvalue weighted by molar-refractivity contribution is 5.94. The molecule has 7 heteroatoms. The van der Waals surface area contributed by atoms with Gasteiger partial charge in [0.2, 0.25) is 0 Å². The number of nitrogens with zero attached hydrogens (tertiary/aromatic N) is 2. The maximum absolute atomic E-state index is 12.8. The van der Waals surface area contributed by atoms with E-state index in [1.807, 2.05) is 24.3 Å². The van der Waals surface area contributed by atoms with Crippen LogP contribution in [0.2, 0.25) is 0 Å². The fraction of sp³-hybridized carbons (Fsp3) is 0.0556. The molecule has 1 amide bonds. The maximum atomic E-state index is 12.8. The van der Waals surface area contributed by atoms with E-state index in [0.717, 1.165) is 11.3 Å². The Balaban J connectivity index is 1.64. The molecule has 2 aromatic carbocycles. The van der Waals surface area contributed by atoms with Crippen molar-refractivity contribution in [3.63, 3.8) is 0 Å². The first-order valence-corrected chi connectivity index (χ1v) is 7.44. The predicted molar refractivity (Wildman–Crippen MR) is 92.0 cm³/mol. The highest BCUT2D eigenvalue weighted by Crippen LogP contribution is 2.21. The third-order valence-electron chi connectivity index (χ3n) is 3.46. The third-order valence-corrected chi connectivity index (χ3v) is 3.46. The fourth-order valence-electron chi connectivity index (χ4n) is 2.12. The molecule has 0 aliphatic rings. The van der Waals surface area contributed by atoms with E-state index < -0.39 is 5.91 Å². The summed E-state index contributed by atoms with van der Waals surface area (Å²) in [7, 11) is 1.60. The van der Waals surface area contributed by atoms with Crippen LogP contribution in [-0.4, -0.2) is 29.4 Å². The zero-order valence-corrected chi connectivity index (χ0v) is 13.4. The van der Waals surface area contributed by atoms with Crippen molar-refractivity contribution >= 4 is 12.1 Å². The third kappa shape index (κ3) is 4.08. The molecule has 0 saturated heterocycles. The van der Waals surface area contributed by atoms with Crippen molar-refractivity contribution in [3.05, 3.63) is 71.7 Å². The molecule has 0 aliphatic heterocycles. The molecule has 0 aliphatic carbocycles. The molecule has 25 heavy (non-hydrogen) atoms. The molecule has 1 heterocycles. The van der Waals surface area contributed by atoms with E-state index in [4.69, 9.17) is 4.74 Å². The van der Waals surface area contributed by atoms with Crippen molar-refractivity contribution in [2.24, 2.45) is 5.10 Å². The van der Waals surface area contributed by atoms with Crippen LogP contribution >= 0.6 is 0 Å². The van der Waals surface area contributed by atoms with Crippen LogP contribution in [0.5, 0.6) is 5.75 Å². The SMILES string of the molecule is COc1ccc(-c2cc(C(=O)NN=Cc3ccc(F)cc3)[nH]n2)cc1. The molecule has 0 atom stereocenters. The summed E-state index contributed by atoms with van der Waals surface area (Å²) in [6.07, 6.45) is 1.43. The van der Waals surface area contributed by atoms with Crippen LogP contribution < -0.4 is 10.2 Å². The maximum Gasteiger partial charge on any atom is 0.289 e. The number of amides is 1. The number of hydrazone groups is 1. The van der Waals surface area contributed by atoms with Crippen LogP contribution in [0.3, 0.4) is 0 Å². The van der Waals surface area contributed by atoms with Crippen LogP contribution in [0.25, 0.3) is 11.3 Å². The second-order valence-corrected chi connectivity index (χ2v) is 5.15. The minimum absolute atomic E-state index is 0.280. The zero-order chi connectivity index (χ0) is 17.6. The Labute approximate surface area is 143 Å². The van der Waals surface area contributed by atoms with E-state index in [9.17, 15) is 9.18 Å². The van der Waals surface area contributed by atoms with Crippen LogP contribution in [-0.2, 0) is 0 Å². The lowest BCUT2D eigenvalue weighted by atomic mass is 10.1. The van der Waals surface area contributed by atoms with Crippen molar-refractivity contribution in [2.45, 2.75) is 0 Å². The summed E-state index contributed by atoms with van der Waals surface area (Å²) in [4.78, 5) is 12.1. The summed E-state index contributed by atoms with van der Waals surface area (Å²) in [5.74, 6) is -0.0114. The monoisotopic (exact) mass is 338 g/mol. The molecule has 2 N–H and O–H groups in total. The van der Waals surface area contributed by atoms with Gasteiger partial charge >= 0.3 is 0 Å². The van der Waals surface area contributed by atoms with Gasteiger partial charge in [-0.15, -0.1) is 0 Å². The minimum atomic E-state index is -0.425. The highest BCUT2D eigenvalue weighted by atomic mass is 19.1. The molecule has 1 aromatic heterocycles. The Hall–Kier alpha value is -3.48. The van der Waals surface area contributed by atoms with Gasteiger partial charge in [0.05, 0.1) is 19.0 Å². The Morgan fingerprint density at radius 3 is 2.60 bits per heavy atom. The number of H-pyrrole nitrogens is 1. The number of methoxy groups -OCH3 is 1. The first-order valence-electron chi connectivity index (χ1n) is 7.44. The standard InChI is InChI=1S/C18H15FN4O2/c1-25-15-8-4-13(5-9-15)16-10-17(22-21-16)18(24)23-20-11-12-2-6-14(19)7-3-12/h2-11H,1H3,(H,21,22)(H,23,24). The van der Waals surface area contributed by atoms with Gasteiger partial charge in [0, 0.05) is 5.56 Å². The molecule has 6 nitrogen and oxygen atoms in total. The number of nitrogens with one attached hydrogen (secondary N) is 2. The van der Waals surface area contributed by atoms with Gasteiger partial charge in [0.1, 0.15) is 17.3 Å². The Kier molecular flexibility index (Phi) is 4.84. The lowest BCUT2D eigenvalue weighted by Gasteiger charge is -2.00. The number of benzene rings is 2. The van der Waals surface area contributed by atoms with E-state index in [1.165, 1.54) is 18.3 Å². The van der Waals surface area contributed by atoms with Crippen LogP contribution in [0.4, 0.5) is 4.39 Å². The van der Waals surface area contributed by atoms with Gasteiger partial charge in [-0.2, -0.15) is 10.2 Å². The topological polar surface area (TPSA) is 79.4 Å². The summed E-state index contributed by atoms with van der Waals surface area (Å²) in [6.45, 7) is 0. The molecular formula is C18H15FN4O2. The highest BCUT2D eigenvalue weighted by Gasteiger charge is 2.10. The zero-order valence-electron chi connectivity index (χ0n) is 13.4. The van der Waals surface area contributed by atoms with E-state index in [1.54, 1.807) is 25.3 Å². The quantitative estimate of drug-likeness (QED) is 0.554. The Morgan fingerprint density at radius 2 is 1.92 bits per heavy atom. The number of aromatic amines is 1. The average molecular weight is 338 g/mol. The smallest absolute Gasteiger partial charge is 0.289 e. The molecule has 0 fully saturated rings. The lowest BCUT2D eigenvalue weighted by Crippen LogP contribution is -2.17. The van der Waals surface area contributed by atoms with Gasteiger partial charge in [0.15, 0.2) is 0 Å². The van der Waals surface area contributed by atoms with Crippen molar-refractivity contribution in [2.75, 3.05) is 7.11 Å². The second-order valence-electron chi connectivity index (χ2n) is 5.15. The summed E-state index contributed by atoms with van der Waals surface area (Å²) in [6, 6.07) is 14.7. The lowest BCUT2D eigenvalue weighted by molar-refractivity contribution is 0.0950. The summed E-state index contributed by atoms with van der Waals surface area (Å²) in [5.41, 5.74) is 4.83. The second kappa shape index (κ2) is 7.39. The average Bonchev–Trinajstić information content (AvgIpc) is 3.13. The summed E-state index contributed by atoms with van der Waals surface area (Å²) < 4.78 is 17.9. The Morgan fingerprint density at radius 1 is 1.20 bits per heavy atom. The molecule has 126 valence electrons. The van der Waals surface area contributed by atoms with Crippen LogP contribution in [0.15, 0.2) is 59.7 Å². The van der Waals surface area contributed by atoms with Gasteiger partial charge in [-0.1, -0.05) is 12.1 Å². The molecule has 3 rings (SSSR count). The molecule has 0 unspecified atom stereocenters. The van der Waals surface area contributed by atoms with Gasteiger partial charge in [-0.05, 0) is 48.0 Å². The molecule has 0 saturated carbocycles. The Bertz CT molecular complexity index is 886. The largest absolute Gasteiger partial charge is 0.497 e. The molecule has 3 aromatic rings. The van der Waals surface area contributed by atoms with Crippen LogP contribution in [0, 0.1) is 5.82 Å². The summed E-state index contributed by atoms with van der Waals surface area (Å²) >= 11 is 0. The number of halogens is 1. The van der Waals surface area contributed by atoms with E-state index in [0.29, 0.717) is 11.3 Å². The minimum Gasteiger partial charge on any atom is -0.497 e. The fourth-order valence-corrected chi connectivity index (χ4v) is 2.12. The van der Waals surface area contributed by atoms with Gasteiger partial charge in [-0.25, -0.2) is 9.82 Å². The number of hydrogen-bond acceptors (Lipinski definition) is 4. The van der Waals surface area contributed by atoms with Gasteiger partial charge < -0.3 is 4.74 Å². The number of hydrogen-bond donors (Lipinski definition) is 2. The molecule has 0 radical (unpaired) electrons. The van der Waals surface area contributed by atoms with Gasteiger partial charge in [0.25, 0.3) is 5.91 Å². The van der Waals surface area contributed by atoms with E-state index in [2.05, 4.69) is 20.7 Å². The normalized spacial score (nSPS) is 10.8. The van der Waals surface area contributed by atoms with E-state index >= 15 is 0 Å². The molecule has 0 spiro atoms. The van der Waals surface area contributed by atoms with Gasteiger partial charge in [-0.3, -0.25) is 9.89 Å². The van der Waals surface area contributed by atoms with Crippen molar-refractivity contribution in [3.8, 4) is 17.0 Å². The van der Waals surface area contributed by atoms with Crippen LogP contribution in [0.1, 0.15) is 16.1 Å². The first-order chi connectivity index (χ1) is 12.2. The number of rotatable bonds is 5. The van der Waals surface area contributed by atoms with E-state index in [-0.39, 0.29) is 11.5 Å². The number of carbonyl (C=O) groups is 1. The number of carbonyl (C=O) groups excluding carboxylic acids is 1. The molecular weight excluding hydrogens is 323 g/mol. The predicted octanol–water partition coefficient (Wildman–Crippen LogP) is 2.99. The van der Waals surface area contributed by atoms with Crippen molar-refractivity contribution in [1.82, 2.24) is 15.6 Å². The molecule has 0 bridgehead atoms. The number of aromatic nitrogens is 2. The van der Waals surface area contributed by atoms with Crippen molar-refractivity contribution < 1.29 is 13.9 Å². The summed E-state index contributed by atoms with van der Waals surface area (Å²) in [5, 5.41) is 10.6.